The summed E-state index contributed by atoms with van der Waals surface area (Å²) in [5, 5.41) is 3.06. The standard InChI is InChI=1S/C24H28ClN3O5/c1-4-27(5-2)23(30)15-32-20-11-10-17(14-18(20)25)26-22(29)12-13-28-19-8-6-7-9-21(19)33-16(3)24(28)31/h6-11,14,16H,4-5,12-13,15H2,1-3H3,(H,26,29). The lowest BCUT2D eigenvalue weighted by atomic mass is 10.1. The van der Waals surface area contributed by atoms with Crippen LogP contribution in [0.3, 0.4) is 0 Å². The van der Waals surface area contributed by atoms with E-state index in [2.05, 4.69) is 5.32 Å². The van der Waals surface area contributed by atoms with Crippen LogP contribution in [0.5, 0.6) is 11.5 Å². The highest BCUT2D eigenvalue weighted by Crippen LogP contribution is 2.33. The zero-order valence-corrected chi connectivity index (χ0v) is 19.7. The van der Waals surface area contributed by atoms with Gasteiger partial charge in [-0.15, -0.1) is 0 Å². The van der Waals surface area contributed by atoms with Crippen molar-refractivity contribution in [3.8, 4) is 11.5 Å². The molecule has 176 valence electrons. The third-order valence-corrected chi connectivity index (χ3v) is 5.61. The number of hydrogen-bond donors (Lipinski definition) is 1. The Morgan fingerprint density at radius 3 is 2.61 bits per heavy atom. The summed E-state index contributed by atoms with van der Waals surface area (Å²) in [6, 6.07) is 12.1. The number of para-hydroxylation sites is 2. The van der Waals surface area contributed by atoms with E-state index in [4.69, 9.17) is 21.1 Å². The first kappa shape index (κ1) is 24.4. The predicted molar refractivity (Wildman–Crippen MR) is 127 cm³/mol. The normalized spacial score (nSPS) is 14.8. The van der Waals surface area contributed by atoms with Gasteiger partial charge in [-0.3, -0.25) is 14.4 Å². The van der Waals surface area contributed by atoms with Crippen molar-refractivity contribution in [3.63, 3.8) is 0 Å². The first-order valence-electron chi connectivity index (χ1n) is 10.9. The fourth-order valence-corrected chi connectivity index (χ4v) is 3.76. The fourth-order valence-electron chi connectivity index (χ4n) is 3.53. The first-order chi connectivity index (χ1) is 15.8. The number of rotatable bonds is 9. The molecule has 9 heteroatoms. The van der Waals surface area contributed by atoms with Crippen LogP contribution in [0.15, 0.2) is 42.5 Å². The van der Waals surface area contributed by atoms with Gasteiger partial charge < -0.3 is 24.6 Å². The molecule has 0 saturated carbocycles. The Balaban J connectivity index is 1.56. The van der Waals surface area contributed by atoms with Gasteiger partial charge in [-0.1, -0.05) is 23.7 Å². The third kappa shape index (κ3) is 5.96. The van der Waals surface area contributed by atoms with Crippen LogP contribution in [0.25, 0.3) is 0 Å². The van der Waals surface area contributed by atoms with Crippen molar-refractivity contribution in [1.29, 1.82) is 0 Å². The molecule has 1 aliphatic rings. The van der Waals surface area contributed by atoms with E-state index in [9.17, 15) is 14.4 Å². The Morgan fingerprint density at radius 2 is 1.91 bits per heavy atom. The second-order valence-corrected chi connectivity index (χ2v) is 7.92. The molecule has 0 aromatic heterocycles. The van der Waals surface area contributed by atoms with Gasteiger partial charge in [-0.2, -0.15) is 0 Å². The minimum atomic E-state index is -0.608. The molecular formula is C24H28ClN3O5. The molecule has 1 N–H and O–H groups in total. The highest BCUT2D eigenvalue weighted by molar-refractivity contribution is 6.32. The fraction of sp³-hybridized carbons (Fsp3) is 0.375. The van der Waals surface area contributed by atoms with E-state index in [1.807, 2.05) is 26.0 Å². The molecule has 8 nitrogen and oxygen atoms in total. The van der Waals surface area contributed by atoms with Crippen LogP contribution in [0.1, 0.15) is 27.2 Å². The largest absolute Gasteiger partial charge is 0.482 e. The van der Waals surface area contributed by atoms with Crippen LogP contribution in [-0.2, 0) is 14.4 Å². The van der Waals surface area contributed by atoms with Crippen molar-refractivity contribution in [2.24, 2.45) is 0 Å². The Bertz CT molecular complexity index is 1020. The van der Waals surface area contributed by atoms with Crippen molar-refractivity contribution >= 4 is 40.7 Å². The maximum Gasteiger partial charge on any atom is 0.267 e. The first-order valence-corrected chi connectivity index (χ1v) is 11.3. The van der Waals surface area contributed by atoms with E-state index in [0.717, 1.165) is 0 Å². The highest BCUT2D eigenvalue weighted by atomic mass is 35.5. The van der Waals surface area contributed by atoms with Crippen molar-refractivity contribution in [1.82, 2.24) is 4.90 Å². The molecule has 3 rings (SSSR count). The maximum atomic E-state index is 12.5. The molecule has 1 aliphatic heterocycles. The van der Waals surface area contributed by atoms with Crippen molar-refractivity contribution in [3.05, 3.63) is 47.5 Å². The van der Waals surface area contributed by atoms with Gasteiger partial charge in [0.05, 0.1) is 10.7 Å². The number of halogens is 1. The lowest BCUT2D eigenvalue weighted by Gasteiger charge is -2.32. The monoisotopic (exact) mass is 473 g/mol. The van der Waals surface area contributed by atoms with Gasteiger partial charge >= 0.3 is 0 Å². The Hall–Kier alpha value is -3.26. The number of carbonyl (C=O) groups is 3. The molecule has 0 aliphatic carbocycles. The molecule has 1 unspecified atom stereocenters. The Kier molecular flexibility index (Phi) is 8.16. The molecular weight excluding hydrogens is 446 g/mol. The number of fused-ring (bicyclic) bond motifs is 1. The summed E-state index contributed by atoms with van der Waals surface area (Å²) >= 11 is 6.27. The van der Waals surface area contributed by atoms with Crippen LogP contribution in [0, 0.1) is 0 Å². The number of anilines is 2. The molecule has 1 heterocycles. The van der Waals surface area contributed by atoms with Crippen LogP contribution in [0.2, 0.25) is 5.02 Å². The smallest absolute Gasteiger partial charge is 0.267 e. The van der Waals surface area contributed by atoms with Crippen molar-refractivity contribution < 1.29 is 23.9 Å². The Morgan fingerprint density at radius 1 is 1.18 bits per heavy atom. The highest BCUT2D eigenvalue weighted by Gasteiger charge is 2.31. The second kappa shape index (κ2) is 11.0. The van der Waals surface area contributed by atoms with E-state index in [1.165, 1.54) is 0 Å². The van der Waals surface area contributed by atoms with Crippen LogP contribution >= 0.6 is 11.6 Å². The summed E-state index contributed by atoms with van der Waals surface area (Å²) in [6.07, 6.45) is -0.510. The summed E-state index contributed by atoms with van der Waals surface area (Å²) in [5.74, 6) is 0.403. The second-order valence-electron chi connectivity index (χ2n) is 7.52. The van der Waals surface area contributed by atoms with Gasteiger partial charge in [-0.25, -0.2) is 0 Å². The zero-order chi connectivity index (χ0) is 24.0. The number of likely N-dealkylation sites (N-methyl/N-ethyl adjacent to an activating group) is 1. The van der Waals surface area contributed by atoms with Gasteiger partial charge in [0.1, 0.15) is 11.5 Å². The molecule has 0 saturated heterocycles. The summed E-state index contributed by atoms with van der Waals surface area (Å²) in [6.45, 7) is 6.82. The quantitative estimate of drug-likeness (QED) is 0.599. The third-order valence-electron chi connectivity index (χ3n) is 5.32. The molecule has 3 amide bonds. The molecule has 0 bridgehead atoms. The molecule has 1 atom stereocenters. The van der Waals surface area contributed by atoms with Crippen molar-refractivity contribution in [2.45, 2.75) is 33.3 Å². The predicted octanol–water partition coefficient (Wildman–Crippen LogP) is 3.73. The number of benzene rings is 2. The summed E-state index contributed by atoms with van der Waals surface area (Å²) < 4.78 is 11.2. The maximum absolute atomic E-state index is 12.5. The molecule has 0 radical (unpaired) electrons. The average Bonchev–Trinajstić information content (AvgIpc) is 2.79. The lowest BCUT2D eigenvalue weighted by Crippen LogP contribution is -2.45. The van der Waals surface area contributed by atoms with Crippen LogP contribution in [0.4, 0.5) is 11.4 Å². The number of hydrogen-bond acceptors (Lipinski definition) is 5. The van der Waals surface area contributed by atoms with E-state index in [1.54, 1.807) is 47.1 Å². The van der Waals surface area contributed by atoms with Gasteiger partial charge in [0.2, 0.25) is 5.91 Å². The van der Waals surface area contributed by atoms with Gasteiger partial charge in [0.25, 0.3) is 11.8 Å². The van der Waals surface area contributed by atoms with Crippen LogP contribution in [-0.4, -0.2) is 55.0 Å². The van der Waals surface area contributed by atoms with E-state index in [-0.39, 0.29) is 42.3 Å². The topological polar surface area (TPSA) is 88.2 Å². The van der Waals surface area contributed by atoms with Gasteiger partial charge in [0, 0.05) is 31.7 Å². The minimum absolute atomic E-state index is 0.0983. The minimum Gasteiger partial charge on any atom is -0.482 e. The molecule has 0 fully saturated rings. The summed E-state index contributed by atoms with van der Waals surface area (Å²) in [4.78, 5) is 40.4. The molecule has 0 spiro atoms. The van der Waals surface area contributed by atoms with Gasteiger partial charge in [-0.05, 0) is 51.1 Å². The molecule has 2 aromatic rings. The van der Waals surface area contributed by atoms with E-state index < -0.39 is 6.10 Å². The number of amides is 3. The zero-order valence-electron chi connectivity index (χ0n) is 19.0. The Labute approximate surface area is 198 Å². The number of ether oxygens (including phenoxy) is 2. The number of carbonyl (C=O) groups excluding carboxylic acids is 3. The van der Waals surface area contributed by atoms with Gasteiger partial charge in [0.15, 0.2) is 12.7 Å². The van der Waals surface area contributed by atoms with Crippen LogP contribution < -0.4 is 19.7 Å². The summed E-state index contributed by atoms with van der Waals surface area (Å²) in [7, 11) is 0. The number of nitrogens with one attached hydrogen (secondary N) is 1. The SMILES string of the molecule is CCN(CC)C(=O)COc1ccc(NC(=O)CCN2C(=O)C(C)Oc3ccccc32)cc1Cl. The summed E-state index contributed by atoms with van der Waals surface area (Å²) in [5.41, 5.74) is 1.15. The van der Waals surface area contributed by atoms with E-state index >= 15 is 0 Å². The van der Waals surface area contributed by atoms with E-state index in [0.29, 0.717) is 36.0 Å². The lowest BCUT2D eigenvalue weighted by molar-refractivity contribution is -0.133. The average molecular weight is 474 g/mol. The number of nitrogens with zero attached hydrogens (tertiary/aromatic N) is 2. The molecule has 2 aromatic carbocycles. The van der Waals surface area contributed by atoms with Crippen molar-refractivity contribution in [2.75, 3.05) is 36.5 Å². The molecule has 33 heavy (non-hydrogen) atoms.